The summed E-state index contributed by atoms with van der Waals surface area (Å²) < 4.78 is 0. The summed E-state index contributed by atoms with van der Waals surface area (Å²) in [5, 5.41) is 8.48. The highest BCUT2D eigenvalue weighted by Crippen LogP contribution is 2.31. The Hall–Kier alpha value is -0.860. The lowest BCUT2D eigenvalue weighted by Gasteiger charge is -2.02. The predicted octanol–water partition coefficient (Wildman–Crippen LogP) is 1.08. The summed E-state index contributed by atoms with van der Waals surface area (Å²) in [5.41, 5.74) is 0. The highest BCUT2D eigenvalue weighted by molar-refractivity contribution is 5.86. The lowest BCUT2D eigenvalue weighted by Crippen LogP contribution is -2.15. The van der Waals surface area contributed by atoms with Gasteiger partial charge in [-0.2, -0.15) is 0 Å². The van der Waals surface area contributed by atoms with Gasteiger partial charge in [0.05, 0.1) is 5.92 Å². The van der Waals surface area contributed by atoms with Gasteiger partial charge in [-0.1, -0.05) is 6.92 Å². The SMILES string of the molecule is CC(CC(=O)C1CC1)C(=O)O. The minimum Gasteiger partial charge on any atom is -0.481 e. The molecular weight excluding hydrogens is 144 g/mol. The van der Waals surface area contributed by atoms with Crippen LogP contribution >= 0.6 is 0 Å². The number of hydrogen-bond donors (Lipinski definition) is 1. The van der Waals surface area contributed by atoms with Crippen molar-refractivity contribution in [2.45, 2.75) is 26.2 Å². The second kappa shape index (κ2) is 3.03. The molecule has 0 heterocycles. The van der Waals surface area contributed by atoms with E-state index in [4.69, 9.17) is 5.11 Å². The third-order valence-electron chi connectivity index (χ3n) is 1.96. The molecule has 3 heteroatoms. The van der Waals surface area contributed by atoms with Gasteiger partial charge in [-0.3, -0.25) is 9.59 Å². The summed E-state index contributed by atoms with van der Waals surface area (Å²) in [6.07, 6.45) is 2.14. The standard InChI is InChI=1S/C8H12O3/c1-5(8(10)11)4-7(9)6-2-3-6/h5-6H,2-4H2,1H3,(H,10,11). The zero-order valence-electron chi connectivity index (χ0n) is 6.54. The van der Waals surface area contributed by atoms with Gasteiger partial charge in [0.15, 0.2) is 0 Å². The summed E-state index contributed by atoms with van der Waals surface area (Å²) in [6, 6.07) is 0. The van der Waals surface area contributed by atoms with Gasteiger partial charge in [0.2, 0.25) is 0 Å². The van der Waals surface area contributed by atoms with Crippen LogP contribution < -0.4 is 0 Å². The fraction of sp³-hybridized carbons (Fsp3) is 0.750. The van der Waals surface area contributed by atoms with Crippen LogP contribution in [0, 0.1) is 11.8 Å². The maximum absolute atomic E-state index is 11.1. The Labute approximate surface area is 65.4 Å². The van der Waals surface area contributed by atoms with Gasteiger partial charge >= 0.3 is 5.97 Å². The van der Waals surface area contributed by atoms with Crippen LogP contribution in [0.5, 0.6) is 0 Å². The summed E-state index contributed by atoms with van der Waals surface area (Å²) in [4.78, 5) is 21.4. The Morgan fingerprint density at radius 2 is 2.09 bits per heavy atom. The first-order chi connectivity index (χ1) is 5.11. The maximum atomic E-state index is 11.1. The van der Waals surface area contributed by atoms with Gasteiger partial charge in [0.1, 0.15) is 5.78 Å². The van der Waals surface area contributed by atoms with Crippen molar-refractivity contribution in [1.82, 2.24) is 0 Å². The van der Waals surface area contributed by atoms with Gasteiger partial charge in [-0.15, -0.1) is 0 Å². The summed E-state index contributed by atoms with van der Waals surface area (Å²) in [5.74, 6) is -1.07. The molecule has 1 fully saturated rings. The largest absolute Gasteiger partial charge is 0.481 e. The number of ketones is 1. The number of rotatable bonds is 4. The topological polar surface area (TPSA) is 54.4 Å². The lowest BCUT2D eigenvalue weighted by molar-refractivity contribution is -0.143. The highest BCUT2D eigenvalue weighted by Gasteiger charge is 2.31. The van der Waals surface area contributed by atoms with Crippen LogP contribution in [0.2, 0.25) is 0 Å². The Balaban J connectivity index is 2.28. The zero-order valence-corrected chi connectivity index (χ0v) is 6.54. The molecule has 0 aliphatic heterocycles. The quantitative estimate of drug-likeness (QED) is 0.662. The van der Waals surface area contributed by atoms with Crippen molar-refractivity contribution < 1.29 is 14.7 Å². The summed E-state index contributed by atoms with van der Waals surface area (Å²) in [7, 11) is 0. The van der Waals surface area contributed by atoms with E-state index in [-0.39, 0.29) is 18.1 Å². The number of carbonyl (C=O) groups excluding carboxylic acids is 1. The van der Waals surface area contributed by atoms with Crippen molar-refractivity contribution in [1.29, 1.82) is 0 Å². The fourth-order valence-corrected chi connectivity index (χ4v) is 0.961. The van der Waals surface area contributed by atoms with E-state index in [0.29, 0.717) is 0 Å². The van der Waals surface area contributed by atoms with Gasteiger partial charge < -0.3 is 5.11 Å². The first-order valence-electron chi connectivity index (χ1n) is 3.86. The van der Waals surface area contributed by atoms with Crippen LogP contribution in [0.25, 0.3) is 0 Å². The van der Waals surface area contributed by atoms with Gasteiger partial charge in [0, 0.05) is 12.3 Å². The third-order valence-corrected chi connectivity index (χ3v) is 1.96. The molecule has 1 aliphatic rings. The van der Waals surface area contributed by atoms with E-state index in [2.05, 4.69) is 0 Å². The molecule has 1 rings (SSSR count). The molecule has 11 heavy (non-hydrogen) atoms. The van der Waals surface area contributed by atoms with Crippen molar-refractivity contribution in [3.63, 3.8) is 0 Å². The predicted molar refractivity (Wildman–Crippen MR) is 39.1 cm³/mol. The van der Waals surface area contributed by atoms with Gasteiger partial charge in [-0.05, 0) is 12.8 Å². The molecule has 0 aromatic rings. The molecule has 3 nitrogen and oxygen atoms in total. The van der Waals surface area contributed by atoms with Crippen LogP contribution in [0.3, 0.4) is 0 Å². The van der Waals surface area contributed by atoms with Crippen LogP contribution in [0.1, 0.15) is 26.2 Å². The summed E-state index contributed by atoms with van der Waals surface area (Å²) >= 11 is 0. The average Bonchev–Trinajstić information content (AvgIpc) is 2.67. The van der Waals surface area contributed by atoms with Crippen molar-refractivity contribution in [2.75, 3.05) is 0 Å². The van der Waals surface area contributed by atoms with E-state index < -0.39 is 11.9 Å². The Bertz CT molecular complexity index is 182. The van der Waals surface area contributed by atoms with Gasteiger partial charge in [-0.25, -0.2) is 0 Å². The molecule has 0 radical (unpaired) electrons. The molecule has 1 saturated carbocycles. The first kappa shape index (κ1) is 8.24. The number of Topliss-reactive ketones (excluding diaryl/α,β-unsaturated/α-hetero) is 1. The van der Waals surface area contributed by atoms with E-state index in [1.165, 1.54) is 0 Å². The molecule has 1 N–H and O–H groups in total. The highest BCUT2D eigenvalue weighted by atomic mass is 16.4. The minimum atomic E-state index is -0.876. The molecule has 0 aromatic heterocycles. The number of hydrogen-bond acceptors (Lipinski definition) is 2. The normalized spacial score (nSPS) is 19.4. The monoisotopic (exact) mass is 156 g/mol. The van der Waals surface area contributed by atoms with Crippen molar-refractivity contribution in [2.24, 2.45) is 11.8 Å². The van der Waals surface area contributed by atoms with E-state index in [0.717, 1.165) is 12.8 Å². The zero-order chi connectivity index (χ0) is 8.43. The van der Waals surface area contributed by atoms with Crippen LogP contribution in [-0.4, -0.2) is 16.9 Å². The number of carboxylic acids is 1. The second-order valence-corrected chi connectivity index (χ2v) is 3.18. The number of aliphatic carboxylic acids is 1. The van der Waals surface area contributed by atoms with E-state index in [1.807, 2.05) is 0 Å². The van der Waals surface area contributed by atoms with E-state index in [1.54, 1.807) is 6.92 Å². The average molecular weight is 156 g/mol. The van der Waals surface area contributed by atoms with E-state index >= 15 is 0 Å². The molecule has 0 spiro atoms. The number of carboxylic acid groups (broad SMARTS) is 1. The molecule has 1 aliphatic carbocycles. The Morgan fingerprint density at radius 1 is 1.55 bits per heavy atom. The third kappa shape index (κ3) is 2.33. The first-order valence-corrected chi connectivity index (χ1v) is 3.86. The minimum absolute atomic E-state index is 0.125. The summed E-state index contributed by atoms with van der Waals surface area (Å²) in [6.45, 7) is 1.57. The molecule has 0 bridgehead atoms. The van der Waals surface area contributed by atoms with Crippen LogP contribution in [0.15, 0.2) is 0 Å². The molecule has 0 saturated heterocycles. The fourth-order valence-electron chi connectivity index (χ4n) is 0.961. The molecule has 1 atom stereocenters. The van der Waals surface area contributed by atoms with Crippen molar-refractivity contribution in [3.8, 4) is 0 Å². The Kier molecular flexibility index (Phi) is 2.27. The Morgan fingerprint density at radius 3 is 2.45 bits per heavy atom. The molecular formula is C8H12O3. The van der Waals surface area contributed by atoms with Crippen LogP contribution in [-0.2, 0) is 9.59 Å². The van der Waals surface area contributed by atoms with Gasteiger partial charge in [0.25, 0.3) is 0 Å². The van der Waals surface area contributed by atoms with Crippen molar-refractivity contribution in [3.05, 3.63) is 0 Å². The van der Waals surface area contributed by atoms with Crippen molar-refractivity contribution >= 4 is 11.8 Å². The molecule has 0 amide bonds. The smallest absolute Gasteiger partial charge is 0.306 e. The lowest BCUT2D eigenvalue weighted by atomic mass is 10.0. The maximum Gasteiger partial charge on any atom is 0.306 e. The molecule has 1 unspecified atom stereocenters. The molecule has 0 aromatic carbocycles. The molecule has 62 valence electrons. The number of carbonyl (C=O) groups is 2. The van der Waals surface area contributed by atoms with Crippen LogP contribution in [0.4, 0.5) is 0 Å². The van der Waals surface area contributed by atoms with E-state index in [9.17, 15) is 9.59 Å². The second-order valence-electron chi connectivity index (χ2n) is 3.18.